The van der Waals surface area contributed by atoms with Gasteiger partial charge in [0, 0.05) is 22.8 Å². The molecule has 1 aromatic heterocycles. The Bertz CT molecular complexity index is 503. The summed E-state index contributed by atoms with van der Waals surface area (Å²) in [5, 5.41) is 4.40. The molecule has 2 nitrogen and oxygen atoms in total. The largest absolute Gasteiger partial charge is 0.272 e. The van der Waals surface area contributed by atoms with Crippen molar-refractivity contribution in [1.29, 1.82) is 0 Å². The number of aryl methyl sites for hydroxylation is 1. The number of nitrogens with zero attached hydrogens (tertiary/aromatic N) is 2. The SMILES string of the molecule is CCCCn1cc(-c2cccc(Br)c2C)cn1. The monoisotopic (exact) mass is 292 g/mol. The normalized spacial score (nSPS) is 10.8. The lowest BCUT2D eigenvalue weighted by Gasteiger charge is -2.04. The Kier molecular flexibility index (Phi) is 4.00. The number of aromatic nitrogens is 2. The highest BCUT2D eigenvalue weighted by atomic mass is 79.9. The molecule has 0 aliphatic rings. The van der Waals surface area contributed by atoms with Crippen molar-refractivity contribution in [3.8, 4) is 11.1 Å². The molecule has 3 heteroatoms. The average Bonchev–Trinajstić information content (AvgIpc) is 2.78. The van der Waals surface area contributed by atoms with Gasteiger partial charge in [0.15, 0.2) is 0 Å². The summed E-state index contributed by atoms with van der Waals surface area (Å²) >= 11 is 3.56. The number of hydrogen-bond donors (Lipinski definition) is 0. The molecule has 0 radical (unpaired) electrons. The predicted molar refractivity (Wildman–Crippen MR) is 75.0 cm³/mol. The Hall–Kier alpha value is -1.09. The maximum absolute atomic E-state index is 4.40. The molecule has 17 heavy (non-hydrogen) atoms. The van der Waals surface area contributed by atoms with Crippen molar-refractivity contribution in [3.63, 3.8) is 0 Å². The highest BCUT2D eigenvalue weighted by Gasteiger charge is 2.06. The molecule has 0 N–H and O–H groups in total. The van der Waals surface area contributed by atoms with Gasteiger partial charge in [0.25, 0.3) is 0 Å². The van der Waals surface area contributed by atoms with Crippen molar-refractivity contribution in [3.05, 3.63) is 40.6 Å². The summed E-state index contributed by atoms with van der Waals surface area (Å²) in [4.78, 5) is 0. The fourth-order valence-electron chi connectivity index (χ4n) is 1.87. The van der Waals surface area contributed by atoms with E-state index in [2.05, 4.69) is 59.3 Å². The number of benzene rings is 1. The molecule has 2 rings (SSSR count). The van der Waals surface area contributed by atoms with Crippen LogP contribution >= 0.6 is 15.9 Å². The van der Waals surface area contributed by atoms with E-state index in [1.54, 1.807) is 0 Å². The van der Waals surface area contributed by atoms with Crippen LogP contribution < -0.4 is 0 Å². The molecule has 0 fully saturated rings. The van der Waals surface area contributed by atoms with Crippen LogP contribution in [0.1, 0.15) is 25.3 Å². The Morgan fingerprint density at radius 2 is 2.18 bits per heavy atom. The first-order chi connectivity index (χ1) is 8.22. The molecule has 1 heterocycles. The van der Waals surface area contributed by atoms with Gasteiger partial charge in [0.1, 0.15) is 0 Å². The first-order valence-corrected chi connectivity index (χ1v) is 6.79. The molecule has 0 atom stereocenters. The minimum Gasteiger partial charge on any atom is -0.272 e. The fraction of sp³-hybridized carbons (Fsp3) is 0.357. The third-order valence-electron chi connectivity index (χ3n) is 2.95. The Labute approximate surface area is 111 Å². The van der Waals surface area contributed by atoms with Crippen LogP contribution in [0.5, 0.6) is 0 Å². The molecule has 0 amide bonds. The smallest absolute Gasteiger partial charge is 0.0568 e. The van der Waals surface area contributed by atoms with Gasteiger partial charge in [-0.05, 0) is 30.5 Å². The summed E-state index contributed by atoms with van der Waals surface area (Å²) in [6.07, 6.45) is 6.46. The van der Waals surface area contributed by atoms with E-state index in [0.717, 1.165) is 11.0 Å². The summed E-state index contributed by atoms with van der Waals surface area (Å²) < 4.78 is 3.18. The van der Waals surface area contributed by atoms with Gasteiger partial charge in [0.05, 0.1) is 6.20 Å². The van der Waals surface area contributed by atoms with Crippen LogP contribution in [0.3, 0.4) is 0 Å². The van der Waals surface area contributed by atoms with Crippen molar-refractivity contribution in [1.82, 2.24) is 9.78 Å². The molecule has 0 spiro atoms. The molecule has 0 unspecified atom stereocenters. The van der Waals surface area contributed by atoms with Crippen LogP contribution in [0, 0.1) is 6.92 Å². The lowest BCUT2D eigenvalue weighted by atomic mass is 10.0. The van der Waals surface area contributed by atoms with Crippen LogP contribution in [0.25, 0.3) is 11.1 Å². The van der Waals surface area contributed by atoms with Crippen LogP contribution in [0.2, 0.25) is 0 Å². The zero-order valence-corrected chi connectivity index (χ0v) is 11.9. The fourth-order valence-corrected chi connectivity index (χ4v) is 2.23. The van der Waals surface area contributed by atoms with Gasteiger partial charge in [-0.15, -0.1) is 0 Å². The van der Waals surface area contributed by atoms with Gasteiger partial charge >= 0.3 is 0 Å². The van der Waals surface area contributed by atoms with Crippen molar-refractivity contribution >= 4 is 15.9 Å². The van der Waals surface area contributed by atoms with Crippen molar-refractivity contribution in [2.75, 3.05) is 0 Å². The van der Waals surface area contributed by atoms with E-state index in [4.69, 9.17) is 0 Å². The quantitative estimate of drug-likeness (QED) is 0.816. The van der Waals surface area contributed by atoms with Crippen molar-refractivity contribution < 1.29 is 0 Å². The topological polar surface area (TPSA) is 17.8 Å². The second-order valence-electron chi connectivity index (χ2n) is 4.26. The van der Waals surface area contributed by atoms with Crippen LogP contribution in [0.15, 0.2) is 35.1 Å². The van der Waals surface area contributed by atoms with E-state index < -0.39 is 0 Å². The van der Waals surface area contributed by atoms with Gasteiger partial charge in [0.2, 0.25) is 0 Å². The van der Waals surface area contributed by atoms with E-state index in [1.165, 1.54) is 29.5 Å². The molecule has 0 aliphatic carbocycles. The molecule has 90 valence electrons. The minimum atomic E-state index is 1.00. The minimum absolute atomic E-state index is 1.00. The summed E-state index contributed by atoms with van der Waals surface area (Å²) in [5.41, 5.74) is 3.71. The van der Waals surface area contributed by atoms with Gasteiger partial charge in [-0.3, -0.25) is 4.68 Å². The van der Waals surface area contributed by atoms with E-state index in [-0.39, 0.29) is 0 Å². The van der Waals surface area contributed by atoms with E-state index >= 15 is 0 Å². The standard InChI is InChI=1S/C14H17BrN2/c1-3-4-8-17-10-12(9-16-17)13-6-5-7-14(15)11(13)2/h5-7,9-10H,3-4,8H2,1-2H3. The van der Waals surface area contributed by atoms with E-state index in [1.807, 2.05) is 10.9 Å². The molecule has 0 aliphatic heterocycles. The lowest BCUT2D eigenvalue weighted by molar-refractivity contribution is 0.572. The van der Waals surface area contributed by atoms with Gasteiger partial charge in [-0.2, -0.15) is 5.10 Å². The lowest BCUT2D eigenvalue weighted by Crippen LogP contribution is -1.96. The van der Waals surface area contributed by atoms with E-state index in [0.29, 0.717) is 0 Å². The number of rotatable bonds is 4. The zero-order chi connectivity index (χ0) is 12.3. The van der Waals surface area contributed by atoms with Crippen LogP contribution in [-0.4, -0.2) is 9.78 Å². The average molecular weight is 293 g/mol. The molecular weight excluding hydrogens is 276 g/mol. The molecule has 0 saturated carbocycles. The summed E-state index contributed by atoms with van der Waals surface area (Å²) in [6, 6.07) is 6.28. The van der Waals surface area contributed by atoms with Gasteiger partial charge < -0.3 is 0 Å². The molecule has 0 bridgehead atoms. The van der Waals surface area contributed by atoms with Crippen LogP contribution in [-0.2, 0) is 6.54 Å². The van der Waals surface area contributed by atoms with Crippen LogP contribution in [0.4, 0.5) is 0 Å². The van der Waals surface area contributed by atoms with Crippen molar-refractivity contribution in [2.24, 2.45) is 0 Å². The first-order valence-electron chi connectivity index (χ1n) is 6.00. The van der Waals surface area contributed by atoms with E-state index in [9.17, 15) is 0 Å². The summed E-state index contributed by atoms with van der Waals surface area (Å²) in [5.74, 6) is 0. The first kappa shape index (κ1) is 12.4. The number of hydrogen-bond acceptors (Lipinski definition) is 1. The maximum atomic E-state index is 4.40. The van der Waals surface area contributed by atoms with Gasteiger partial charge in [-0.1, -0.05) is 41.4 Å². The molecule has 1 aromatic carbocycles. The number of unbranched alkanes of at least 4 members (excludes halogenated alkanes) is 1. The Balaban J connectivity index is 2.27. The highest BCUT2D eigenvalue weighted by molar-refractivity contribution is 9.10. The Morgan fingerprint density at radius 3 is 2.94 bits per heavy atom. The summed E-state index contributed by atoms with van der Waals surface area (Å²) in [7, 11) is 0. The third kappa shape index (κ3) is 2.78. The predicted octanol–water partition coefficient (Wildman–Crippen LogP) is 4.42. The van der Waals surface area contributed by atoms with Crippen molar-refractivity contribution in [2.45, 2.75) is 33.2 Å². The van der Waals surface area contributed by atoms with Gasteiger partial charge in [-0.25, -0.2) is 0 Å². The number of halogens is 1. The summed E-state index contributed by atoms with van der Waals surface area (Å²) in [6.45, 7) is 5.33. The maximum Gasteiger partial charge on any atom is 0.0568 e. The molecule has 2 aromatic rings. The zero-order valence-electron chi connectivity index (χ0n) is 10.3. The highest BCUT2D eigenvalue weighted by Crippen LogP contribution is 2.28. The molecule has 0 saturated heterocycles. The molecular formula is C14H17BrN2. The third-order valence-corrected chi connectivity index (χ3v) is 3.81. The second kappa shape index (κ2) is 5.50. The Morgan fingerprint density at radius 1 is 1.35 bits per heavy atom. The second-order valence-corrected chi connectivity index (χ2v) is 5.11.